The molecule has 0 fully saturated rings. The van der Waals surface area contributed by atoms with Crippen LogP contribution < -0.4 is 10.9 Å². The van der Waals surface area contributed by atoms with Gasteiger partial charge in [0.05, 0.1) is 27.9 Å². The molecule has 3 aromatic carbocycles. The quantitative estimate of drug-likeness (QED) is 0.337. The number of amides is 1. The van der Waals surface area contributed by atoms with Gasteiger partial charge in [0.1, 0.15) is 0 Å². The minimum absolute atomic E-state index is 0.0198. The molecule has 6 heteroatoms. The topological polar surface area (TPSA) is 64.0 Å². The monoisotopic (exact) mass is 455 g/mol. The van der Waals surface area contributed by atoms with E-state index in [1.54, 1.807) is 10.6 Å². The highest BCUT2D eigenvalue weighted by Crippen LogP contribution is 2.31. The summed E-state index contributed by atoms with van der Waals surface area (Å²) in [4.78, 5) is 31.3. The fourth-order valence-electron chi connectivity index (χ4n) is 4.40. The molecule has 4 aromatic rings. The zero-order chi connectivity index (χ0) is 22.8. The highest BCUT2D eigenvalue weighted by atomic mass is 32.2. The average molecular weight is 456 g/mol. The maximum absolute atomic E-state index is 13.4. The standard InChI is InChI=1S/C27H25N3O2S/c1-18(25(31)28-23-17-9-11-19-10-5-6-14-21(19)23)33-27-29-24-16-8-7-15-22(24)26(32)30(27)20-12-3-2-4-13-20/h2-8,10,12-16,18,23H,9,11,17H2,1H3,(H,28,31)/t18-,23-/m1/s1. The van der Waals surface area contributed by atoms with Crippen LogP contribution in [0.25, 0.3) is 16.6 Å². The van der Waals surface area contributed by atoms with Crippen molar-refractivity contribution in [3.8, 4) is 5.69 Å². The first-order valence-electron chi connectivity index (χ1n) is 11.2. The Morgan fingerprint density at radius 1 is 1.03 bits per heavy atom. The number of benzene rings is 3. The highest BCUT2D eigenvalue weighted by Gasteiger charge is 2.25. The second kappa shape index (κ2) is 9.24. The molecular formula is C27H25N3O2S. The molecular weight excluding hydrogens is 430 g/mol. The van der Waals surface area contributed by atoms with Crippen LogP contribution in [-0.2, 0) is 11.2 Å². The van der Waals surface area contributed by atoms with E-state index in [-0.39, 0.29) is 17.5 Å². The van der Waals surface area contributed by atoms with E-state index >= 15 is 0 Å². The Bertz CT molecular complexity index is 1370. The van der Waals surface area contributed by atoms with E-state index < -0.39 is 5.25 Å². The van der Waals surface area contributed by atoms with E-state index in [0.29, 0.717) is 16.1 Å². The molecule has 1 amide bonds. The molecule has 0 spiro atoms. The van der Waals surface area contributed by atoms with E-state index in [1.807, 2.05) is 61.5 Å². The summed E-state index contributed by atoms with van der Waals surface area (Å²) in [7, 11) is 0. The summed E-state index contributed by atoms with van der Waals surface area (Å²) in [5, 5.41) is 3.88. The lowest BCUT2D eigenvalue weighted by Gasteiger charge is -2.27. The number of para-hydroxylation sites is 2. The molecule has 1 heterocycles. The predicted molar refractivity (Wildman–Crippen MR) is 133 cm³/mol. The van der Waals surface area contributed by atoms with Crippen molar-refractivity contribution < 1.29 is 4.79 Å². The van der Waals surface area contributed by atoms with Crippen LogP contribution in [0.4, 0.5) is 0 Å². The summed E-state index contributed by atoms with van der Waals surface area (Å²) in [6.45, 7) is 1.87. The van der Waals surface area contributed by atoms with Gasteiger partial charge in [-0.3, -0.25) is 14.2 Å². The van der Waals surface area contributed by atoms with E-state index in [2.05, 4.69) is 23.5 Å². The largest absolute Gasteiger partial charge is 0.348 e. The molecule has 5 nitrogen and oxygen atoms in total. The molecule has 1 aliphatic rings. The Balaban J connectivity index is 1.45. The van der Waals surface area contributed by atoms with Crippen molar-refractivity contribution in [3.05, 3.63) is 100 Å². The van der Waals surface area contributed by atoms with Crippen LogP contribution in [0, 0.1) is 0 Å². The smallest absolute Gasteiger partial charge is 0.266 e. The van der Waals surface area contributed by atoms with E-state index in [1.165, 1.54) is 22.9 Å². The summed E-state index contributed by atoms with van der Waals surface area (Å²) >= 11 is 1.31. The predicted octanol–water partition coefficient (Wildman–Crippen LogP) is 5.06. The number of nitrogens with one attached hydrogen (secondary N) is 1. The van der Waals surface area contributed by atoms with Crippen LogP contribution in [0.5, 0.6) is 0 Å². The van der Waals surface area contributed by atoms with Gasteiger partial charge in [-0.05, 0) is 61.6 Å². The minimum Gasteiger partial charge on any atom is -0.348 e. The van der Waals surface area contributed by atoms with E-state index in [4.69, 9.17) is 4.98 Å². The molecule has 0 radical (unpaired) electrons. The molecule has 1 N–H and O–H groups in total. The van der Waals surface area contributed by atoms with Crippen LogP contribution in [0.15, 0.2) is 88.8 Å². The summed E-state index contributed by atoms with van der Waals surface area (Å²) in [6, 6.07) is 25.1. The number of hydrogen-bond donors (Lipinski definition) is 1. The Morgan fingerprint density at radius 2 is 1.76 bits per heavy atom. The third-order valence-corrected chi connectivity index (χ3v) is 7.15. The van der Waals surface area contributed by atoms with Gasteiger partial charge in [0.25, 0.3) is 5.56 Å². The normalized spacial score (nSPS) is 16.2. The van der Waals surface area contributed by atoms with Gasteiger partial charge in [0.15, 0.2) is 5.16 Å². The second-order valence-corrected chi connectivity index (χ2v) is 9.61. The lowest BCUT2D eigenvalue weighted by atomic mass is 9.88. The Labute approximate surface area is 196 Å². The van der Waals surface area contributed by atoms with Crippen molar-refractivity contribution in [2.75, 3.05) is 0 Å². The van der Waals surface area contributed by atoms with Gasteiger partial charge in [-0.2, -0.15) is 0 Å². The second-order valence-electron chi connectivity index (χ2n) is 8.30. The van der Waals surface area contributed by atoms with E-state index in [0.717, 1.165) is 24.9 Å². The third kappa shape index (κ3) is 4.31. The zero-order valence-corrected chi connectivity index (χ0v) is 19.2. The van der Waals surface area contributed by atoms with E-state index in [9.17, 15) is 9.59 Å². The summed E-state index contributed by atoms with van der Waals surface area (Å²) in [6.07, 6.45) is 3.05. The van der Waals surface area contributed by atoms with Crippen molar-refractivity contribution >= 4 is 28.6 Å². The molecule has 5 rings (SSSR count). The van der Waals surface area contributed by atoms with Crippen molar-refractivity contribution in [2.45, 2.75) is 42.6 Å². The van der Waals surface area contributed by atoms with Gasteiger partial charge in [-0.15, -0.1) is 0 Å². The summed E-state index contributed by atoms with van der Waals surface area (Å²) in [5.74, 6) is -0.0521. The number of carbonyl (C=O) groups excluding carboxylic acids is 1. The summed E-state index contributed by atoms with van der Waals surface area (Å²) in [5.41, 5.74) is 3.74. The van der Waals surface area contributed by atoms with Gasteiger partial charge in [-0.1, -0.05) is 66.4 Å². The first-order valence-corrected chi connectivity index (χ1v) is 12.1. The fraction of sp³-hybridized carbons (Fsp3) is 0.222. The fourth-order valence-corrected chi connectivity index (χ4v) is 5.34. The lowest BCUT2D eigenvalue weighted by Crippen LogP contribution is -2.36. The van der Waals surface area contributed by atoms with Crippen LogP contribution >= 0.6 is 11.8 Å². The number of nitrogens with zero attached hydrogens (tertiary/aromatic N) is 2. The first-order chi connectivity index (χ1) is 16.1. The molecule has 0 saturated carbocycles. The highest BCUT2D eigenvalue weighted by molar-refractivity contribution is 8.00. The Kier molecular flexibility index (Phi) is 6.01. The molecule has 2 atom stereocenters. The molecule has 1 aliphatic carbocycles. The van der Waals surface area contributed by atoms with Crippen molar-refractivity contribution in [3.63, 3.8) is 0 Å². The molecule has 0 unspecified atom stereocenters. The van der Waals surface area contributed by atoms with Crippen LogP contribution in [0.2, 0.25) is 0 Å². The average Bonchev–Trinajstić information content (AvgIpc) is 2.85. The van der Waals surface area contributed by atoms with Crippen molar-refractivity contribution in [1.29, 1.82) is 0 Å². The van der Waals surface area contributed by atoms with Gasteiger partial charge in [-0.25, -0.2) is 4.98 Å². The molecule has 166 valence electrons. The first kappa shape index (κ1) is 21.5. The maximum Gasteiger partial charge on any atom is 0.266 e. The molecule has 0 aliphatic heterocycles. The number of aromatic nitrogens is 2. The van der Waals surface area contributed by atoms with Crippen LogP contribution in [0.3, 0.4) is 0 Å². The lowest BCUT2D eigenvalue weighted by molar-refractivity contribution is -0.121. The Morgan fingerprint density at radius 3 is 2.61 bits per heavy atom. The molecule has 1 aromatic heterocycles. The number of carbonyl (C=O) groups is 1. The van der Waals surface area contributed by atoms with Gasteiger partial charge in [0.2, 0.25) is 5.91 Å². The van der Waals surface area contributed by atoms with Gasteiger partial charge >= 0.3 is 0 Å². The molecule has 33 heavy (non-hydrogen) atoms. The molecule has 0 saturated heterocycles. The third-order valence-electron chi connectivity index (χ3n) is 6.10. The van der Waals surface area contributed by atoms with Crippen molar-refractivity contribution in [2.24, 2.45) is 0 Å². The minimum atomic E-state index is -0.415. The number of hydrogen-bond acceptors (Lipinski definition) is 4. The maximum atomic E-state index is 13.4. The van der Waals surface area contributed by atoms with Crippen LogP contribution in [0.1, 0.15) is 36.9 Å². The summed E-state index contributed by atoms with van der Waals surface area (Å²) < 4.78 is 1.60. The number of rotatable bonds is 5. The van der Waals surface area contributed by atoms with Crippen LogP contribution in [-0.4, -0.2) is 20.7 Å². The number of fused-ring (bicyclic) bond motifs is 2. The number of aryl methyl sites for hydroxylation is 1. The van der Waals surface area contributed by atoms with Gasteiger partial charge in [0, 0.05) is 0 Å². The van der Waals surface area contributed by atoms with Crippen molar-refractivity contribution in [1.82, 2.24) is 14.9 Å². The number of thioether (sulfide) groups is 1. The Hall–Kier alpha value is -3.38. The zero-order valence-electron chi connectivity index (χ0n) is 18.4. The SMILES string of the molecule is C[C@@H](Sc1nc2ccccc2c(=O)n1-c1ccccc1)C(=O)N[C@@H]1CCCc2ccccc21. The molecule has 0 bridgehead atoms. The van der Waals surface area contributed by atoms with Gasteiger partial charge < -0.3 is 5.32 Å².